The van der Waals surface area contributed by atoms with Gasteiger partial charge in [0.2, 0.25) is 0 Å². The first-order chi connectivity index (χ1) is 13.2. The molecule has 0 aliphatic carbocycles. The molecular weight excluding hydrogens is 341 g/mol. The van der Waals surface area contributed by atoms with Crippen molar-refractivity contribution in [3.63, 3.8) is 0 Å². The molecule has 0 spiro atoms. The summed E-state index contributed by atoms with van der Waals surface area (Å²) in [7, 11) is 1.64. The summed E-state index contributed by atoms with van der Waals surface area (Å²) in [5.74, 6) is 1.26. The third-order valence-electron chi connectivity index (χ3n) is 4.92. The predicted octanol–water partition coefficient (Wildman–Crippen LogP) is 5.61. The molecule has 0 atom stereocenters. The third kappa shape index (κ3) is 2.53. The molecule has 0 amide bonds. The number of halogens is 1. The Balaban J connectivity index is 1.86. The monoisotopic (exact) mass is 357 g/mol. The van der Waals surface area contributed by atoms with E-state index in [1.165, 1.54) is 6.07 Å². The lowest BCUT2D eigenvalue weighted by atomic mass is 9.91. The van der Waals surface area contributed by atoms with Crippen LogP contribution in [0, 0.1) is 5.82 Å². The van der Waals surface area contributed by atoms with Gasteiger partial charge < -0.3 is 9.47 Å². The molecule has 0 N–H and O–H groups in total. The molecule has 0 saturated carbocycles. The number of methoxy groups -OCH3 is 1. The number of aromatic nitrogens is 1. The van der Waals surface area contributed by atoms with Gasteiger partial charge in [0.25, 0.3) is 0 Å². The average molecular weight is 357 g/mol. The van der Waals surface area contributed by atoms with Crippen molar-refractivity contribution in [1.82, 2.24) is 4.98 Å². The van der Waals surface area contributed by atoms with Gasteiger partial charge in [-0.05, 0) is 59.7 Å². The Labute approximate surface area is 156 Å². The van der Waals surface area contributed by atoms with E-state index in [4.69, 9.17) is 14.5 Å². The summed E-state index contributed by atoms with van der Waals surface area (Å²) >= 11 is 0. The molecule has 4 heteroatoms. The van der Waals surface area contributed by atoms with Crippen molar-refractivity contribution in [2.45, 2.75) is 6.61 Å². The van der Waals surface area contributed by atoms with Gasteiger partial charge in [-0.25, -0.2) is 9.37 Å². The van der Waals surface area contributed by atoms with Gasteiger partial charge in [-0.2, -0.15) is 0 Å². The molecule has 4 aromatic rings. The SMILES string of the molecule is COc1ccc(-c2nc3ccccc3c3c2-c2cc(F)ccc2CO3)cc1. The zero-order valence-electron chi connectivity index (χ0n) is 14.7. The van der Waals surface area contributed by atoms with Crippen LogP contribution < -0.4 is 9.47 Å². The number of hydrogen-bond acceptors (Lipinski definition) is 3. The van der Waals surface area contributed by atoms with Crippen LogP contribution in [0.1, 0.15) is 5.56 Å². The van der Waals surface area contributed by atoms with E-state index in [1.807, 2.05) is 48.5 Å². The molecular formula is C23H16FNO2. The second-order valence-corrected chi connectivity index (χ2v) is 6.50. The highest BCUT2D eigenvalue weighted by Gasteiger charge is 2.25. The van der Waals surface area contributed by atoms with Crippen molar-refractivity contribution in [2.75, 3.05) is 7.11 Å². The van der Waals surface area contributed by atoms with Crippen LogP contribution >= 0.6 is 0 Å². The summed E-state index contributed by atoms with van der Waals surface area (Å²) in [6.45, 7) is 0.415. The molecule has 1 aliphatic rings. The van der Waals surface area contributed by atoms with Gasteiger partial charge in [0.15, 0.2) is 0 Å². The van der Waals surface area contributed by atoms with Crippen molar-refractivity contribution >= 4 is 10.9 Å². The number of para-hydroxylation sites is 1. The maximum atomic E-state index is 14.1. The van der Waals surface area contributed by atoms with Crippen LogP contribution in [0.2, 0.25) is 0 Å². The minimum atomic E-state index is -0.268. The van der Waals surface area contributed by atoms with E-state index in [2.05, 4.69) is 0 Å². The number of fused-ring (bicyclic) bond motifs is 5. The van der Waals surface area contributed by atoms with Gasteiger partial charge in [-0.15, -0.1) is 0 Å². The molecule has 0 bridgehead atoms. The molecule has 3 nitrogen and oxygen atoms in total. The van der Waals surface area contributed by atoms with Crippen LogP contribution in [0.5, 0.6) is 11.5 Å². The van der Waals surface area contributed by atoms with Crippen molar-refractivity contribution in [3.05, 3.63) is 78.1 Å². The smallest absolute Gasteiger partial charge is 0.139 e. The Morgan fingerprint density at radius 2 is 1.81 bits per heavy atom. The largest absolute Gasteiger partial charge is 0.497 e. The second-order valence-electron chi connectivity index (χ2n) is 6.50. The molecule has 5 rings (SSSR count). The Kier molecular flexibility index (Phi) is 3.57. The zero-order chi connectivity index (χ0) is 18.4. The van der Waals surface area contributed by atoms with Gasteiger partial charge in [0.1, 0.15) is 23.9 Å². The standard InChI is InChI=1S/C23H16FNO2/c1-26-17-10-7-14(8-11-17)22-21-19-12-16(24)9-6-15(19)13-27-23(21)18-4-2-3-5-20(18)25-22/h2-12H,13H2,1H3. The van der Waals surface area contributed by atoms with Gasteiger partial charge in [-0.1, -0.05) is 18.2 Å². The summed E-state index contributed by atoms with van der Waals surface area (Å²) in [6, 6.07) is 20.4. The number of benzene rings is 3. The lowest BCUT2D eigenvalue weighted by Crippen LogP contribution is -2.08. The summed E-state index contributed by atoms with van der Waals surface area (Å²) in [6.07, 6.45) is 0. The lowest BCUT2D eigenvalue weighted by molar-refractivity contribution is 0.306. The normalized spacial score (nSPS) is 12.2. The Bertz CT molecular complexity index is 1170. The highest BCUT2D eigenvalue weighted by atomic mass is 19.1. The quantitative estimate of drug-likeness (QED) is 0.467. The molecule has 132 valence electrons. The highest BCUT2D eigenvalue weighted by Crippen LogP contribution is 2.47. The summed E-state index contributed by atoms with van der Waals surface area (Å²) in [5, 5.41) is 0.930. The van der Waals surface area contributed by atoms with Crippen molar-refractivity contribution in [2.24, 2.45) is 0 Å². The molecule has 27 heavy (non-hydrogen) atoms. The van der Waals surface area contributed by atoms with Crippen LogP contribution in [-0.4, -0.2) is 12.1 Å². The molecule has 1 aliphatic heterocycles. The number of rotatable bonds is 2. The minimum Gasteiger partial charge on any atom is -0.497 e. The fourth-order valence-corrected chi connectivity index (χ4v) is 3.60. The first kappa shape index (κ1) is 15.8. The fourth-order valence-electron chi connectivity index (χ4n) is 3.60. The Hall–Kier alpha value is -3.40. The fraction of sp³-hybridized carbons (Fsp3) is 0.0870. The van der Waals surface area contributed by atoms with Crippen LogP contribution in [0.25, 0.3) is 33.3 Å². The molecule has 1 aromatic heterocycles. The van der Waals surface area contributed by atoms with E-state index >= 15 is 0 Å². The topological polar surface area (TPSA) is 31.4 Å². The first-order valence-corrected chi connectivity index (χ1v) is 8.73. The van der Waals surface area contributed by atoms with Crippen LogP contribution in [0.15, 0.2) is 66.7 Å². The maximum absolute atomic E-state index is 14.1. The average Bonchev–Trinajstić information content (AvgIpc) is 2.72. The first-order valence-electron chi connectivity index (χ1n) is 8.73. The number of ether oxygens (including phenoxy) is 2. The van der Waals surface area contributed by atoms with Crippen molar-refractivity contribution in [3.8, 4) is 33.9 Å². The van der Waals surface area contributed by atoms with Gasteiger partial charge in [0.05, 0.1) is 23.9 Å². The second kappa shape index (κ2) is 6.09. The number of nitrogens with zero attached hydrogens (tertiary/aromatic N) is 1. The summed E-state index contributed by atoms with van der Waals surface area (Å²) in [4.78, 5) is 4.90. The van der Waals surface area contributed by atoms with E-state index in [0.717, 1.165) is 50.3 Å². The van der Waals surface area contributed by atoms with Crippen LogP contribution in [0.3, 0.4) is 0 Å². The van der Waals surface area contributed by atoms with E-state index in [1.54, 1.807) is 19.2 Å². The molecule has 3 aromatic carbocycles. The predicted molar refractivity (Wildman–Crippen MR) is 103 cm³/mol. The van der Waals surface area contributed by atoms with Crippen molar-refractivity contribution < 1.29 is 13.9 Å². The molecule has 0 radical (unpaired) electrons. The molecule has 0 saturated heterocycles. The summed E-state index contributed by atoms with van der Waals surface area (Å²) < 4.78 is 25.4. The Morgan fingerprint density at radius 3 is 2.63 bits per heavy atom. The highest BCUT2D eigenvalue weighted by molar-refractivity contribution is 6.00. The molecule has 2 heterocycles. The van der Waals surface area contributed by atoms with Gasteiger partial charge >= 0.3 is 0 Å². The Morgan fingerprint density at radius 1 is 1.00 bits per heavy atom. The van der Waals surface area contributed by atoms with Crippen LogP contribution in [-0.2, 0) is 6.61 Å². The van der Waals surface area contributed by atoms with Crippen LogP contribution in [0.4, 0.5) is 4.39 Å². The maximum Gasteiger partial charge on any atom is 0.139 e. The molecule has 0 unspecified atom stereocenters. The number of pyridine rings is 1. The van der Waals surface area contributed by atoms with E-state index in [0.29, 0.717) is 6.61 Å². The van der Waals surface area contributed by atoms with E-state index in [-0.39, 0.29) is 5.82 Å². The lowest BCUT2D eigenvalue weighted by Gasteiger charge is -2.24. The van der Waals surface area contributed by atoms with Crippen molar-refractivity contribution in [1.29, 1.82) is 0 Å². The summed E-state index contributed by atoms with van der Waals surface area (Å²) in [5.41, 5.74) is 5.18. The van der Waals surface area contributed by atoms with Gasteiger partial charge in [-0.3, -0.25) is 0 Å². The van der Waals surface area contributed by atoms with Gasteiger partial charge in [0, 0.05) is 10.9 Å². The minimum absolute atomic E-state index is 0.268. The number of hydrogen-bond donors (Lipinski definition) is 0. The van der Waals surface area contributed by atoms with E-state index in [9.17, 15) is 4.39 Å². The molecule has 0 fully saturated rings. The van der Waals surface area contributed by atoms with E-state index < -0.39 is 0 Å². The third-order valence-corrected chi connectivity index (χ3v) is 4.92. The zero-order valence-corrected chi connectivity index (χ0v) is 14.7.